The van der Waals surface area contributed by atoms with E-state index in [0.717, 1.165) is 0 Å². The Labute approximate surface area is 122 Å². The van der Waals surface area contributed by atoms with Crippen LogP contribution in [-0.4, -0.2) is 34.6 Å². The van der Waals surface area contributed by atoms with Crippen LogP contribution in [0.15, 0.2) is 23.1 Å². The maximum atomic E-state index is 11.8. The van der Waals surface area contributed by atoms with E-state index in [1.165, 1.54) is 25.3 Å². The summed E-state index contributed by atoms with van der Waals surface area (Å²) in [6.45, 7) is 0.311. The van der Waals surface area contributed by atoms with Gasteiger partial charge in [-0.15, -0.1) is 12.4 Å². The van der Waals surface area contributed by atoms with Gasteiger partial charge in [0, 0.05) is 13.1 Å². The van der Waals surface area contributed by atoms with Crippen LogP contribution in [0.1, 0.15) is 10.4 Å². The average molecular weight is 329 g/mol. The van der Waals surface area contributed by atoms with E-state index in [0.29, 0.717) is 0 Å². The minimum Gasteiger partial charge on any atom is -0.465 e. The normalized spacial score (nSPS) is 10.7. The minimum atomic E-state index is -3.66. The highest BCUT2D eigenvalue weighted by Gasteiger charge is 2.17. The van der Waals surface area contributed by atoms with Crippen molar-refractivity contribution in [2.75, 3.05) is 20.2 Å². The lowest BCUT2D eigenvalue weighted by atomic mass is 10.2. The lowest BCUT2D eigenvalue weighted by Crippen LogP contribution is -2.29. The highest BCUT2D eigenvalue weighted by molar-refractivity contribution is 7.89. The number of hydrogen-bond donors (Lipinski definition) is 2. The number of nitrogens with two attached hydrogens (primary N) is 1. The van der Waals surface area contributed by atoms with Gasteiger partial charge in [0.05, 0.1) is 22.6 Å². The third kappa shape index (κ3) is 4.63. The third-order valence-electron chi connectivity index (χ3n) is 2.09. The summed E-state index contributed by atoms with van der Waals surface area (Å²) in [6.07, 6.45) is 0. The van der Waals surface area contributed by atoms with Gasteiger partial charge in [-0.1, -0.05) is 11.6 Å². The molecule has 0 aliphatic carbocycles. The Hall–Kier alpha value is -0.860. The number of methoxy groups -OCH3 is 1. The second kappa shape index (κ2) is 7.66. The molecular formula is C10H14Cl2N2O4S. The fourth-order valence-corrected chi connectivity index (χ4v) is 2.61. The Morgan fingerprint density at radius 1 is 1.47 bits per heavy atom. The number of sulfonamides is 1. The molecule has 108 valence electrons. The largest absolute Gasteiger partial charge is 0.465 e. The Bertz CT molecular complexity index is 548. The molecule has 0 fully saturated rings. The summed E-state index contributed by atoms with van der Waals surface area (Å²) in [5.74, 6) is -0.626. The molecule has 1 aromatic carbocycles. The van der Waals surface area contributed by atoms with E-state index in [9.17, 15) is 13.2 Å². The zero-order valence-electron chi connectivity index (χ0n) is 10.1. The predicted octanol–water partition coefficient (Wildman–Crippen LogP) is 0.785. The predicted molar refractivity (Wildman–Crippen MR) is 74.3 cm³/mol. The van der Waals surface area contributed by atoms with Crippen LogP contribution in [0.25, 0.3) is 0 Å². The molecule has 0 aromatic heterocycles. The second-order valence-corrected chi connectivity index (χ2v) is 5.49. The topological polar surface area (TPSA) is 98.5 Å². The number of carbonyl (C=O) groups is 1. The molecule has 3 N–H and O–H groups in total. The van der Waals surface area contributed by atoms with Crippen LogP contribution in [-0.2, 0) is 14.8 Å². The molecule has 6 nitrogen and oxygen atoms in total. The fourth-order valence-electron chi connectivity index (χ4n) is 1.22. The Morgan fingerprint density at radius 2 is 2.11 bits per heavy atom. The molecule has 9 heteroatoms. The van der Waals surface area contributed by atoms with E-state index in [-0.39, 0.29) is 41.0 Å². The van der Waals surface area contributed by atoms with Crippen molar-refractivity contribution in [2.24, 2.45) is 5.73 Å². The lowest BCUT2D eigenvalue weighted by molar-refractivity contribution is 0.0601. The van der Waals surface area contributed by atoms with Crippen LogP contribution in [0, 0.1) is 0 Å². The van der Waals surface area contributed by atoms with E-state index >= 15 is 0 Å². The molecule has 0 amide bonds. The molecule has 0 bridgehead atoms. The van der Waals surface area contributed by atoms with Gasteiger partial charge in [-0.25, -0.2) is 17.9 Å². The first-order valence-corrected chi connectivity index (χ1v) is 6.86. The number of hydrogen-bond acceptors (Lipinski definition) is 5. The monoisotopic (exact) mass is 328 g/mol. The van der Waals surface area contributed by atoms with Crippen molar-refractivity contribution >= 4 is 40.0 Å². The van der Waals surface area contributed by atoms with E-state index in [1.54, 1.807) is 0 Å². The maximum absolute atomic E-state index is 11.8. The second-order valence-electron chi connectivity index (χ2n) is 3.32. The van der Waals surface area contributed by atoms with Gasteiger partial charge in [-0.3, -0.25) is 0 Å². The van der Waals surface area contributed by atoms with Crippen molar-refractivity contribution < 1.29 is 17.9 Å². The van der Waals surface area contributed by atoms with Gasteiger partial charge in [-0.2, -0.15) is 0 Å². The van der Waals surface area contributed by atoms with Crippen molar-refractivity contribution in [3.8, 4) is 0 Å². The van der Waals surface area contributed by atoms with Crippen LogP contribution in [0.3, 0.4) is 0 Å². The van der Waals surface area contributed by atoms with Crippen LogP contribution >= 0.6 is 24.0 Å². The zero-order valence-corrected chi connectivity index (χ0v) is 12.4. The molecular weight excluding hydrogens is 315 g/mol. The fraction of sp³-hybridized carbons (Fsp3) is 0.300. The first kappa shape index (κ1) is 18.1. The van der Waals surface area contributed by atoms with Gasteiger partial charge in [0.25, 0.3) is 0 Å². The lowest BCUT2D eigenvalue weighted by Gasteiger charge is -2.07. The van der Waals surface area contributed by atoms with Crippen molar-refractivity contribution in [1.82, 2.24) is 4.72 Å². The summed E-state index contributed by atoms with van der Waals surface area (Å²) in [5, 5.41) is 0.0115. The van der Waals surface area contributed by atoms with Gasteiger partial charge in [0.15, 0.2) is 0 Å². The number of esters is 1. The quantitative estimate of drug-likeness (QED) is 0.778. The summed E-state index contributed by atoms with van der Waals surface area (Å²) in [6, 6.07) is 3.76. The molecule has 19 heavy (non-hydrogen) atoms. The van der Waals surface area contributed by atoms with Crippen LogP contribution < -0.4 is 10.5 Å². The van der Waals surface area contributed by atoms with E-state index in [2.05, 4.69) is 9.46 Å². The average Bonchev–Trinajstić information content (AvgIpc) is 2.35. The molecule has 1 rings (SSSR count). The molecule has 0 spiro atoms. The van der Waals surface area contributed by atoms with E-state index in [1.807, 2.05) is 0 Å². The van der Waals surface area contributed by atoms with Gasteiger partial charge < -0.3 is 10.5 Å². The first-order valence-electron chi connectivity index (χ1n) is 5.00. The van der Waals surface area contributed by atoms with E-state index in [4.69, 9.17) is 17.3 Å². The molecule has 0 saturated carbocycles. The zero-order chi connectivity index (χ0) is 13.8. The molecule has 1 aromatic rings. The van der Waals surface area contributed by atoms with Crippen LogP contribution in [0.2, 0.25) is 5.02 Å². The Morgan fingerprint density at radius 3 is 2.58 bits per heavy atom. The molecule has 0 aliphatic rings. The molecule has 0 saturated heterocycles. The van der Waals surface area contributed by atoms with Crippen LogP contribution in [0.5, 0.6) is 0 Å². The summed E-state index contributed by atoms with van der Waals surface area (Å²) >= 11 is 5.83. The molecule has 0 radical (unpaired) electrons. The smallest absolute Gasteiger partial charge is 0.339 e. The number of nitrogens with one attached hydrogen (secondary N) is 1. The summed E-state index contributed by atoms with van der Waals surface area (Å²) in [5.41, 5.74) is 5.32. The minimum absolute atomic E-state index is 0. The van der Waals surface area contributed by atoms with Crippen molar-refractivity contribution in [3.05, 3.63) is 28.8 Å². The van der Waals surface area contributed by atoms with Crippen molar-refractivity contribution in [1.29, 1.82) is 0 Å². The standard InChI is InChI=1S/C10H13ClN2O4S.ClH/c1-17-10(14)8-3-2-7(6-9(8)11)18(15,16)13-5-4-12;/h2-3,6,13H,4-5,12H2,1H3;1H. The molecule has 0 aliphatic heterocycles. The molecule has 0 heterocycles. The maximum Gasteiger partial charge on any atom is 0.339 e. The molecule has 0 unspecified atom stereocenters. The van der Waals surface area contributed by atoms with E-state index < -0.39 is 16.0 Å². The van der Waals surface area contributed by atoms with Crippen molar-refractivity contribution in [3.63, 3.8) is 0 Å². The number of benzene rings is 1. The SMILES string of the molecule is COC(=O)c1ccc(S(=O)(=O)NCCN)cc1Cl.Cl. The third-order valence-corrected chi connectivity index (χ3v) is 3.86. The van der Waals surface area contributed by atoms with Gasteiger partial charge >= 0.3 is 5.97 Å². The number of carbonyl (C=O) groups excluding carboxylic acids is 1. The summed E-state index contributed by atoms with van der Waals surface area (Å²) < 4.78 is 30.3. The summed E-state index contributed by atoms with van der Waals surface area (Å²) in [7, 11) is -2.45. The van der Waals surface area contributed by atoms with Crippen LogP contribution in [0.4, 0.5) is 0 Å². The van der Waals surface area contributed by atoms with Gasteiger partial charge in [0.1, 0.15) is 0 Å². The van der Waals surface area contributed by atoms with Gasteiger partial charge in [0.2, 0.25) is 10.0 Å². The first-order chi connectivity index (χ1) is 8.42. The van der Waals surface area contributed by atoms with Gasteiger partial charge in [-0.05, 0) is 18.2 Å². The highest BCUT2D eigenvalue weighted by atomic mass is 35.5. The highest BCUT2D eigenvalue weighted by Crippen LogP contribution is 2.21. The Kier molecular flexibility index (Phi) is 7.32. The summed E-state index contributed by atoms with van der Waals surface area (Å²) in [4.78, 5) is 11.2. The van der Waals surface area contributed by atoms with Crippen molar-refractivity contribution in [2.45, 2.75) is 4.90 Å². The number of ether oxygens (including phenoxy) is 1. The number of halogens is 2. The molecule has 0 atom stereocenters. The number of rotatable bonds is 5. The Balaban J connectivity index is 0.00000324.